The molecule has 3 atom stereocenters. The maximum Gasteiger partial charge on any atom is 0.122 e. The van der Waals surface area contributed by atoms with Gasteiger partial charge < -0.3 is 14.6 Å². The molecule has 1 saturated heterocycles. The van der Waals surface area contributed by atoms with Crippen LogP contribution >= 0.6 is 15.9 Å². The number of hydrogen-bond acceptors (Lipinski definition) is 3. The Balaban J connectivity index is 2.09. The highest BCUT2D eigenvalue weighted by atomic mass is 79.9. The Morgan fingerprint density at radius 3 is 3.00 bits per heavy atom. The summed E-state index contributed by atoms with van der Waals surface area (Å²) in [7, 11) is 1.66. The fraction of sp³-hybridized carbons (Fsp3) is 0.600. The number of aliphatic hydroxyl groups excluding tert-OH is 1. The summed E-state index contributed by atoms with van der Waals surface area (Å²) in [5.41, 5.74) is 1.03. The maximum absolute atomic E-state index is 10.5. The minimum absolute atomic E-state index is 0.188. The summed E-state index contributed by atoms with van der Waals surface area (Å²) in [4.78, 5) is 0. The molecule has 0 saturated carbocycles. The lowest BCUT2D eigenvalue weighted by Crippen LogP contribution is -2.29. The van der Waals surface area contributed by atoms with Gasteiger partial charge in [-0.1, -0.05) is 22.9 Å². The molecule has 1 aromatic carbocycles. The van der Waals surface area contributed by atoms with Gasteiger partial charge in [-0.05, 0) is 36.6 Å². The SMILES string of the molecule is CCC1OCCC1C(O)Cc1cc(Br)ccc1OC. The molecular formula is C15H21BrO3. The van der Waals surface area contributed by atoms with E-state index in [0.717, 1.165) is 35.2 Å². The van der Waals surface area contributed by atoms with Gasteiger partial charge in [0.1, 0.15) is 5.75 Å². The van der Waals surface area contributed by atoms with Gasteiger partial charge in [0.2, 0.25) is 0 Å². The molecule has 0 radical (unpaired) electrons. The molecule has 3 unspecified atom stereocenters. The van der Waals surface area contributed by atoms with Crippen molar-refractivity contribution in [3.8, 4) is 5.75 Å². The second-order valence-electron chi connectivity index (χ2n) is 5.00. The topological polar surface area (TPSA) is 38.7 Å². The smallest absolute Gasteiger partial charge is 0.122 e. The van der Waals surface area contributed by atoms with E-state index in [1.54, 1.807) is 7.11 Å². The van der Waals surface area contributed by atoms with Crippen molar-refractivity contribution < 1.29 is 14.6 Å². The number of ether oxygens (including phenoxy) is 2. The highest BCUT2D eigenvalue weighted by Crippen LogP contribution is 2.31. The Hall–Kier alpha value is -0.580. The first kappa shape index (κ1) is 14.8. The van der Waals surface area contributed by atoms with Gasteiger partial charge in [0.15, 0.2) is 0 Å². The summed E-state index contributed by atoms with van der Waals surface area (Å²) in [5.74, 6) is 1.06. The van der Waals surface area contributed by atoms with E-state index < -0.39 is 0 Å². The molecule has 1 N–H and O–H groups in total. The van der Waals surface area contributed by atoms with E-state index in [0.29, 0.717) is 6.42 Å². The molecule has 1 aliphatic heterocycles. The quantitative estimate of drug-likeness (QED) is 0.902. The van der Waals surface area contributed by atoms with Crippen molar-refractivity contribution in [1.82, 2.24) is 0 Å². The molecule has 1 fully saturated rings. The van der Waals surface area contributed by atoms with E-state index in [4.69, 9.17) is 9.47 Å². The Bertz CT molecular complexity index is 422. The summed E-state index contributed by atoms with van der Waals surface area (Å²) < 4.78 is 12.0. The molecule has 0 aliphatic carbocycles. The molecule has 1 aliphatic rings. The maximum atomic E-state index is 10.5. The molecule has 3 nitrogen and oxygen atoms in total. The van der Waals surface area contributed by atoms with Crippen molar-refractivity contribution in [1.29, 1.82) is 0 Å². The molecule has 2 rings (SSSR count). The molecule has 0 aromatic heterocycles. The van der Waals surface area contributed by atoms with Crippen LogP contribution < -0.4 is 4.74 Å². The average molecular weight is 329 g/mol. The van der Waals surface area contributed by atoms with Crippen LogP contribution in [0, 0.1) is 5.92 Å². The molecule has 106 valence electrons. The Morgan fingerprint density at radius 2 is 2.32 bits per heavy atom. The Kier molecular flexibility index (Phi) is 5.25. The van der Waals surface area contributed by atoms with Crippen LogP contribution in [0.5, 0.6) is 5.75 Å². The second kappa shape index (κ2) is 6.73. The number of aliphatic hydroxyl groups is 1. The summed E-state index contributed by atoms with van der Waals surface area (Å²) in [5, 5.41) is 10.5. The zero-order valence-corrected chi connectivity index (χ0v) is 13.0. The van der Waals surface area contributed by atoms with Gasteiger partial charge >= 0.3 is 0 Å². The minimum Gasteiger partial charge on any atom is -0.496 e. The Labute approximate surface area is 123 Å². The summed E-state index contributed by atoms with van der Waals surface area (Å²) >= 11 is 3.46. The zero-order valence-electron chi connectivity index (χ0n) is 11.4. The van der Waals surface area contributed by atoms with Gasteiger partial charge in [0, 0.05) is 23.4 Å². The van der Waals surface area contributed by atoms with Crippen LogP contribution in [0.4, 0.5) is 0 Å². The molecule has 0 spiro atoms. The predicted molar refractivity (Wildman–Crippen MR) is 78.5 cm³/mol. The van der Waals surface area contributed by atoms with Crippen LogP contribution in [0.2, 0.25) is 0 Å². The minimum atomic E-state index is -0.379. The first-order chi connectivity index (χ1) is 9.15. The third kappa shape index (κ3) is 3.50. The van der Waals surface area contributed by atoms with Crippen LogP contribution in [0.1, 0.15) is 25.3 Å². The average Bonchev–Trinajstić information content (AvgIpc) is 2.87. The normalized spacial score (nSPS) is 24.4. The highest BCUT2D eigenvalue weighted by molar-refractivity contribution is 9.10. The van der Waals surface area contributed by atoms with Gasteiger partial charge in [-0.15, -0.1) is 0 Å². The highest BCUT2D eigenvalue weighted by Gasteiger charge is 2.32. The van der Waals surface area contributed by atoms with Crippen molar-refractivity contribution in [2.75, 3.05) is 13.7 Å². The molecule has 19 heavy (non-hydrogen) atoms. The van der Waals surface area contributed by atoms with E-state index in [2.05, 4.69) is 22.9 Å². The third-order valence-electron chi connectivity index (χ3n) is 3.83. The van der Waals surface area contributed by atoms with E-state index in [1.165, 1.54) is 0 Å². The monoisotopic (exact) mass is 328 g/mol. The molecule has 1 heterocycles. The first-order valence-corrected chi connectivity index (χ1v) is 7.57. The summed E-state index contributed by atoms with van der Waals surface area (Å²) in [6, 6.07) is 5.88. The van der Waals surface area contributed by atoms with Gasteiger partial charge in [-0.25, -0.2) is 0 Å². The lowest BCUT2D eigenvalue weighted by atomic mass is 9.89. The van der Waals surface area contributed by atoms with Crippen LogP contribution in [-0.2, 0) is 11.2 Å². The number of benzene rings is 1. The molecule has 4 heteroatoms. The van der Waals surface area contributed by atoms with E-state index in [9.17, 15) is 5.11 Å². The van der Waals surface area contributed by atoms with Gasteiger partial charge in [0.05, 0.1) is 19.3 Å². The second-order valence-corrected chi connectivity index (χ2v) is 5.91. The Morgan fingerprint density at radius 1 is 1.53 bits per heavy atom. The largest absolute Gasteiger partial charge is 0.496 e. The summed E-state index contributed by atoms with van der Waals surface area (Å²) in [6.45, 7) is 2.87. The number of rotatable bonds is 5. The van der Waals surface area contributed by atoms with Crippen LogP contribution in [0.15, 0.2) is 22.7 Å². The van der Waals surface area contributed by atoms with Crippen molar-refractivity contribution in [2.45, 2.75) is 38.4 Å². The van der Waals surface area contributed by atoms with E-state index >= 15 is 0 Å². The molecule has 0 amide bonds. The number of methoxy groups -OCH3 is 1. The van der Waals surface area contributed by atoms with Gasteiger partial charge in [-0.3, -0.25) is 0 Å². The van der Waals surface area contributed by atoms with Gasteiger partial charge in [0.25, 0.3) is 0 Å². The number of halogens is 1. The molecular weight excluding hydrogens is 308 g/mol. The van der Waals surface area contributed by atoms with Crippen LogP contribution in [0.3, 0.4) is 0 Å². The molecule has 1 aromatic rings. The summed E-state index contributed by atoms with van der Waals surface area (Å²) in [6.07, 6.45) is 2.31. The van der Waals surface area contributed by atoms with Gasteiger partial charge in [-0.2, -0.15) is 0 Å². The van der Waals surface area contributed by atoms with Crippen LogP contribution in [0.25, 0.3) is 0 Å². The van der Waals surface area contributed by atoms with Crippen molar-refractivity contribution in [2.24, 2.45) is 5.92 Å². The van der Waals surface area contributed by atoms with Crippen LogP contribution in [-0.4, -0.2) is 31.0 Å². The predicted octanol–water partition coefficient (Wildman–Crippen LogP) is 3.18. The molecule has 0 bridgehead atoms. The van der Waals surface area contributed by atoms with Crippen molar-refractivity contribution in [3.63, 3.8) is 0 Å². The lowest BCUT2D eigenvalue weighted by Gasteiger charge is -2.23. The standard InChI is InChI=1S/C15H21BrO3/c1-3-14-12(6-7-19-14)13(17)9-10-8-11(16)4-5-15(10)18-2/h4-5,8,12-14,17H,3,6-7,9H2,1-2H3. The lowest BCUT2D eigenvalue weighted by molar-refractivity contribution is 0.0315. The van der Waals surface area contributed by atoms with Crippen molar-refractivity contribution in [3.05, 3.63) is 28.2 Å². The first-order valence-electron chi connectivity index (χ1n) is 6.77. The zero-order chi connectivity index (χ0) is 13.8. The number of hydrogen-bond donors (Lipinski definition) is 1. The fourth-order valence-corrected chi connectivity index (χ4v) is 3.22. The van der Waals surface area contributed by atoms with E-state index in [1.807, 2.05) is 18.2 Å². The fourth-order valence-electron chi connectivity index (χ4n) is 2.81. The van der Waals surface area contributed by atoms with Crippen molar-refractivity contribution >= 4 is 15.9 Å². The third-order valence-corrected chi connectivity index (χ3v) is 4.32. The van der Waals surface area contributed by atoms with E-state index in [-0.39, 0.29) is 18.1 Å².